The predicted octanol–water partition coefficient (Wildman–Crippen LogP) is 1.31. The molecular formula is C11H15NO3S. The zero-order valence-corrected chi connectivity index (χ0v) is 10.3. The van der Waals surface area contributed by atoms with Crippen LogP contribution in [0.15, 0.2) is 17.5 Å². The fraction of sp³-hybridized carbons (Fsp3) is 0.455. The Kier molecular flexibility index (Phi) is 4.98. The highest BCUT2D eigenvalue weighted by atomic mass is 32.1. The number of amides is 1. The number of nitrogens with zero attached hydrogens (tertiary/aromatic N) is 1. The minimum atomic E-state index is -0.396. The molecule has 0 saturated heterocycles. The molecule has 1 rings (SSSR count). The minimum absolute atomic E-state index is 0.0137. The third-order valence-corrected chi connectivity index (χ3v) is 3.12. The van der Waals surface area contributed by atoms with Crippen LogP contribution in [0, 0.1) is 0 Å². The molecule has 0 bridgehead atoms. The van der Waals surface area contributed by atoms with Crippen LogP contribution in [-0.2, 0) is 20.7 Å². The van der Waals surface area contributed by atoms with E-state index in [9.17, 15) is 9.59 Å². The predicted molar refractivity (Wildman–Crippen MR) is 62.3 cm³/mol. The van der Waals surface area contributed by atoms with Gasteiger partial charge in [0.1, 0.15) is 6.54 Å². The largest absolute Gasteiger partial charge is 0.468 e. The van der Waals surface area contributed by atoms with Crippen LogP contribution in [0.1, 0.15) is 11.3 Å². The molecule has 88 valence electrons. The van der Waals surface area contributed by atoms with E-state index in [4.69, 9.17) is 0 Å². The lowest BCUT2D eigenvalue weighted by Gasteiger charge is -2.15. The van der Waals surface area contributed by atoms with Crippen molar-refractivity contribution in [1.82, 2.24) is 4.90 Å². The van der Waals surface area contributed by atoms with Crippen molar-refractivity contribution < 1.29 is 14.3 Å². The number of likely N-dealkylation sites (N-methyl/N-ethyl adjacent to an activating group) is 1. The zero-order valence-electron chi connectivity index (χ0n) is 9.43. The van der Waals surface area contributed by atoms with Gasteiger partial charge in [0, 0.05) is 18.3 Å². The molecule has 0 saturated carbocycles. The zero-order chi connectivity index (χ0) is 12.0. The van der Waals surface area contributed by atoms with Crippen molar-refractivity contribution in [3.63, 3.8) is 0 Å². The molecule has 1 amide bonds. The maximum absolute atomic E-state index is 11.6. The van der Waals surface area contributed by atoms with Gasteiger partial charge in [-0.15, -0.1) is 11.3 Å². The highest BCUT2D eigenvalue weighted by Crippen LogP contribution is 2.11. The minimum Gasteiger partial charge on any atom is -0.468 e. The third kappa shape index (κ3) is 4.02. The summed E-state index contributed by atoms with van der Waals surface area (Å²) in [4.78, 5) is 25.1. The number of carbonyl (C=O) groups is 2. The van der Waals surface area contributed by atoms with E-state index in [1.54, 1.807) is 18.4 Å². The Labute approximate surface area is 98.8 Å². The third-order valence-electron chi connectivity index (χ3n) is 2.19. The summed E-state index contributed by atoms with van der Waals surface area (Å²) in [7, 11) is 2.92. The van der Waals surface area contributed by atoms with E-state index in [2.05, 4.69) is 4.74 Å². The van der Waals surface area contributed by atoms with Crippen molar-refractivity contribution in [2.45, 2.75) is 12.8 Å². The average Bonchev–Trinajstić information content (AvgIpc) is 2.78. The molecule has 16 heavy (non-hydrogen) atoms. The summed E-state index contributed by atoms with van der Waals surface area (Å²) in [6.45, 7) is 0.0137. The fourth-order valence-electron chi connectivity index (χ4n) is 1.22. The van der Waals surface area contributed by atoms with Crippen molar-refractivity contribution >= 4 is 23.2 Å². The summed E-state index contributed by atoms with van der Waals surface area (Å²) in [6.07, 6.45) is 1.15. The van der Waals surface area contributed by atoms with Crippen LogP contribution in [0.5, 0.6) is 0 Å². The first-order chi connectivity index (χ1) is 7.63. The summed E-state index contributed by atoms with van der Waals surface area (Å²) in [5.74, 6) is -0.439. The summed E-state index contributed by atoms with van der Waals surface area (Å²) in [5, 5.41) is 1.98. The van der Waals surface area contributed by atoms with E-state index >= 15 is 0 Å². The van der Waals surface area contributed by atoms with Crippen molar-refractivity contribution in [2.24, 2.45) is 0 Å². The van der Waals surface area contributed by atoms with Gasteiger partial charge in [-0.3, -0.25) is 9.59 Å². The number of ether oxygens (including phenoxy) is 1. The number of carbonyl (C=O) groups excluding carboxylic acids is 2. The number of hydrogen-bond acceptors (Lipinski definition) is 4. The van der Waals surface area contributed by atoms with E-state index < -0.39 is 5.97 Å². The quantitative estimate of drug-likeness (QED) is 0.730. The van der Waals surface area contributed by atoms with Gasteiger partial charge < -0.3 is 9.64 Å². The second kappa shape index (κ2) is 6.27. The number of aryl methyl sites for hydroxylation is 1. The Morgan fingerprint density at radius 3 is 2.81 bits per heavy atom. The van der Waals surface area contributed by atoms with Crippen molar-refractivity contribution in [1.29, 1.82) is 0 Å². The van der Waals surface area contributed by atoms with E-state index in [1.165, 1.54) is 16.9 Å². The van der Waals surface area contributed by atoms with E-state index in [0.29, 0.717) is 6.42 Å². The first kappa shape index (κ1) is 12.7. The Morgan fingerprint density at radius 2 is 2.25 bits per heavy atom. The van der Waals surface area contributed by atoms with Gasteiger partial charge in [-0.2, -0.15) is 0 Å². The van der Waals surface area contributed by atoms with E-state index in [-0.39, 0.29) is 12.5 Å². The lowest BCUT2D eigenvalue weighted by Crippen LogP contribution is -2.32. The topological polar surface area (TPSA) is 46.6 Å². The number of esters is 1. The lowest BCUT2D eigenvalue weighted by molar-refractivity contribution is -0.146. The first-order valence-corrected chi connectivity index (χ1v) is 5.84. The smallest absolute Gasteiger partial charge is 0.325 e. The monoisotopic (exact) mass is 241 g/mol. The maximum Gasteiger partial charge on any atom is 0.325 e. The van der Waals surface area contributed by atoms with Gasteiger partial charge in [0.2, 0.25) is 5.91 Å². The summed E-state index contributed by atoms with van der Waals surface area (Å²) in [5.41, 5.74) is 0. The Morgan fingerprint density at radius 1 is 1.50 bits per heavy atom. The van der Waals surface area contributed by atoms with Gasteiger partial charge in [-0.05, 0) is 17.9 Å². The van der Waals surface area contributed by atoms with Crippen LogP contribution in [0.25, 0.3) is 0 Å². The molecule has 0 atom stereocenters. The number of rotatable bonds is 5. The molecule has 0 aliphatic rings. The van der Waals surface area contributed by atoms with Crippen molar-refractivity contribution in [3.8, 4) is 0 Å². The summed E-state index contributed by atoms with van der Waals surface area (Å²) in [6, 6.07) is 3.96. The van der Waals surface area contributed by atoms with Crippen LogP contribution in [0.3, 0.4) is 0 Å². The van der Waals surface area contributed by atoms with Gasteiger partial charge in [-0.1, -0.05) is 6.07 Å². The maximum atomic E-state index is 11.6. The molecule has 1 aromatic heterocycles. The van der Waals surface area contributed by atoms with Crippen LogP contribution < -0.4 is 0 Å². The van der Waals surface area contributed by atoms with Crippen molar-refractivity contribution in [3.05, 3.63) is 22.4 Å². The molecule has 4 nitrogen and oxygen atoms in total. The van der Waals surface area contributed by atoms with Crippen LogP contribution in [-0.4, -0.2) is 37.5 Å². The van der Waals surface area contributed by atoms with Gasteiger partial charge in [0.25, 0.3) is 0 Å². The SMILES string of the molecule is COC(=O)CN(C)C(=O)CCc1cccs1. The molecule has 0 radical (unpaired) electrons. The number of methoxy groups -OCH3 is 1. The van der Waals surface area contributed by atoms with Crippen molar-refractivity contribution in [2.75, 3.05) is 20.7 Å². The van der Waals surface area contributed by atoms with Crippen LogP contribution in [0.2, 0.25) is 0 Å². The normalized spacial score (nSPS) is 9.88. The molecule has 0 spiro atoms. The Hall–Kier alpha value is -1.36. The highest BCUT2D eigenvalue weighted by Gasteiger charge is 2.12. The average molecular weight is 241 g/mol. The standard InChI is InChI=1S/C11H15NO3S/c1-12(8-11(14)15-2)10(13)6-5-9-4-3-7-16-9/h3-4,7H,5-6,8H2,1-2H3. The highest BCUT2D eigenvalue weighted by molar-refractivity contribution is 7.09. The molecule has 0 aliphatic carbocycles. The van der Waals surface area contributed by atoms with E-state index in [1.807, 2.05) is 17.5 Å². The molecule has 0 fully saturated rings. The molecule has 5 heteroatoms. The molecule has 1 heterocycles. The summed E-state index contributed by atoms with van der Waals surface area (Å²) < 4.78 is 4.49. The van der Waals surface area contributed by atoms with Gasteiger partial charge in [0.05, 0.1) is 7.11 Å². The Bertz CT molecular complexity index is 348. The van der Waals surface area contributed by atoms with Crippen LogP contribution in [0.4, 0.5) is 0 Å². The Balaban J connectivity index is 2.31. The second-order valence-electron chi connectivity index (χ2n) is 3.41. The molecule has 0 aromatic carbocycles. The molecular weight excluding hydrogens is 226 g/mol. The molecule has 0 N–H and O–H groups in total. The second-order valence-corrected chi connectivity index (χ2v) is 4.44. The molecule has 1 aromatic rings. The van der Waals surface area contributed by atoms with Crippen LogP contribution >= 0.6 is 11.3 Å². The lowest BCUT2D eigenvalue weighted by atomic mass is 10.2. The fourth-order valence-corrected chi connectivity index (χ4v) is 1.93. The van der Waals surface area contributed by atoms with Gasteiger partial charge >= 0.3 is 5.97 Å². The first-order valence-electron chi connectivity index (χ1n) is 4.96. The number of thiophene rings is 1. The molecule has 0 unspecified atom stereocenters. The van der Waals surface area contributed by atoms with Gasteiger partial charge in [-0.25, -0.2) is 0 Å². The van der Waals surface area contributed by atoms with E-state index in [0.717, 1.165) is 6.42 Å². The van der Waals surface area contributed by atoms with Gasteiger partial charge in [0.15, 0.2) is 0 Å². The number of hydrogen-bond donors (Lipinski definition) is 0. The molecule has 0 aliphatic heterocycles. The summed E-state index contributed by atoms with van der Waals surface area (Å²) >= 11 is 1.63.